The van der Waals surface area contributed by atoms with Gasteiger partial charge in [0.15, 0.2) is 0 Å². The van der Waals surface area contributed by atoms with Crippen LogP contribution >= 0.6 is 25.3 Å². The van der Waals surface area contributed by atoms with Gasteiger partial charge in [-0.15, -0.1) is 0 Å². The lowest BCUT2D eigenvalue weighted by atomic mass is 10.0. The Morgan fingerprint density at radius 2 is 1.32 bits per heavy atom. The second-order valence-corrected chi connectivity index (χ2v) is 18.2. The number of carboxylic acids is 1. The van der Waals surface area contributed by atoms with Crippen LogP contribution in [0.5, 0.6) is 0 Å². The summed E-state index contributed by atoms with van der Waals surface area (Å²) in [4.78, 5) is 132. The van der Waals surface area contributed by atoms with E-state index in [1.165, 1.54) is 24.3 Å². The number of nitrogens with zero attached hydrogens (tertiary/aromatic N) is 2. The zero-order valence-electron chi connectivity index (χ0n) is 39.3. The molecular weight excluding hydrogens is 969 g/mol. The highest BCUT2D eigenvalue weighted by Crippen LogP contribution is 2.22. The van der Waals surface area contributed by atoms with E-state index in [4.69, 9.17) is 5.73 Å². The number of thiol groups is 2. The zero-order chi connectivity index (χ0) is 52.5. The number of carbonyl (C=O) groups is 9. The van der Waals surface area contributed by atoms with Crippen LogP contribution < -0.4 is 43.0 Å². The number of fused-ring (bicyclic) bond motifs is 1. The van der Waals surface area contributed by atoms with Crippen molar-refractivity contribution >= 4 is 89.4 Å². The van der Waals surface area contributed by atoms with Crippen LogP contribution in [0.25, 0.3) is 10.9 Å². The van der Waals surface area contributed by atoms with Crippen LogP contribution in [0.1, 0.15) is 51.3 Å². The Kier molecular flexibility index (Phi) is 22.1. The third-order valence-electron chi connectivity index (χ3n) is 11.5. The molecule has 27 heteroatoms. The van der Waals surface area contributed by atoms with Gasteiger partial charge in [0.25, 0.3) is 0 Å². The molecule has 1 aliphatic heterocycles. The molecular formula is C44H64N12O13S2. The van der Waals surface area contributed by atoms with Crippen molar-refractivity contribution in [3.05, 3.63) is 54.2 Å². The van der Waals surface area contributed by atoms with E-state index in [0.717, 1.165) is 0 Å². The molecule has 71 heavy (non-hydrogen) atoms. The summed E-state index contributed by atoms with van der Waals surface area (Å²) < 4.78 is 0. The number of aliphatic hydroxyl groups excluding tert-OH is 3. The maximum Gasteiger partial charge on any atom is 0.327 e. The van der Waals surface area contributed by atoms with Gasteiger partial charge < -0.3 is 78.2 Å². The van der Waals surface area contributed by atoms with Gasteiger partial charge in [-0.25, -0.2) is 9.78 Å². The maximum absolute atomic E-state index is 14.2. The molecule has 1 aromatic carbocycles. The number of hydrogen-bond acceptors (Lipinski definition) is 16. The van der Waals surface area contributed by atoms with Gasteiger partial charge in [0.2, 0.25) is 47.3 Å². The lowest BCUT2D eigenvalue weighted by Crippen LogP contribution is -2.62. The van der Waals surface area contributed by atoms with Gasteiger partial charge in [0.1, 0.15) is 48.3 Å². The van der Waals surface area contributed by atoms with Crippen LogP contribution in [0, 0.1) is 5.92 Å². The van der Waals surface area contributed by atoms with E-state index in [2.05, 4.69) is 77.4 Å². The van der Waals surface area contributed by atoms with Crippen molar-refractivity contribution in [2.45, 2.75) is 113 Å². The van der Waals surface area contributed by atoms with Crippen molar-refractivity contribution in [2.24, 2.45) is 11.7 Å². The molecule has 10 atom stereocenters. The first-order valence-corrected chi connectivity index (χ1v) is 24.0. The number of nitrogens with one attached hydrogen (secondary N) is 9. The first-order chi connectivity index (χ1) is 33.7. The molecule has 1 fully saturated rings. The summed E-state index contributed by atoms with van der Waals surface area (Å²) in [6.45, 7) is 2.72. The first-order valence-electron chi connectivity index (χ1n) is 22.8. The highest BCUT2D eigenvalue weighted by atomic mass is 32.1. The van der Waals surface area contributed by atoms with E-state index in [0.29, 0.717) is 28.6 Å². The Morgan fingerprint density at radius 1 is 0.746 bits per heavy atom. The standard InChI is InChI=1S/C44H64N12O13S2/c1-21(2)11-28(37(61)54-33(19-71)44(68)69)49-39(63)31(16-57)53-40(64)32(17-58)52-38(62)29(12-23-14-47-27-8-5-4-7-25(23)27)50-42(66)35(22(3)59)55-41(65)34-9-6-10-56(34)43(67)30(13-24-15-46-20-48-24)51-36(60)26(45)18-70/h4-5,7-8,14-15,20-22,26,28-35,47,57-59,70-71H,6,9-13,16-19,45H2,1-3H3,(H,46,48)(H,49,63)(H,50,66)(H,51,60)(H,52,62)(H,53,64)(H,54,61)(H,55,65)(H,68,69)/t22-,26+,28+,29+,30+,31+,32+,33+,34+,35+/m1/s1. The van der Waals surface area contributed by atoms with Gasteiger partial charge in [-0.3, -0.25) is 38.4 Å². The summed E-state index contributed by atoms with van der Waals surface area (Å²) >= 11 is 8.00. The number of carbonyl (C=O) groups excluding carboxylic acids is 8. The number of benzene rings is 1. The highest BCUT2D eigenvalue weighted by molar-refractivity contribution is 7.80. The minimum Gasteiger partial charge on any atom is -0.480 e. The number of nitrogens with two attached hydrogens (primary N) is 1. The van der Waals surface area contributed by atoms with Crippen LogP contribution in [-0.4, -0.2) is 185 Å². The lowest BCUT2D eigenvalue weighted by Gasteiger charge is -2.31. The van der Waals surface area contributed by atoms with Gasteiger partial charge >= 0.3 is 5.97 Å². The summed E-state index contributed by atoms with van der Waals surface area (Å²) in [7, 11) is 0. The predicted molar refractivity (Wildman–Crippen MR) is 261 cm³/mol. The van der Waals surface area contributed by atoms with E-state index < -0.39 is 127 Å². The Labute approximate surface area is 419 Å². The summed E-state index contributed by atoms with van der Waals surface area (Å²) in [5, 5.41) is 58.2. The van der Waals surface area contributed by atoms with Crippen molar-refractivity contribution in [2.75, 3.05) is 31.3 Å². The third kappa shape index (κ3) is 16.1. The number of likely N-dealkylation sites (tertiary alicyclic amines) is 1. The third-order valence-corrected chi connectivity index (χ3v) is 12.3. The number of rotatable bonds is 27. The molecule has 0 aliphatic carbocycles. The number of amides is 8. The number of imidazole rings is 1. The predicted octanol–water partition coefficient (Wildman–Crippen LogP) is -4.26. The first kappa shape index (κ1) is 57.3. The normalized spacial score (nSPS) is 17.3. The van der Waals surface area contributed by atoms with Crippen molar-refractivity contribution in [1.82, 2.24) is 57.1 Å². The topological polar surface area (TPSA) is 392 Å². The second-order valence-electron chi connectivity index (χ2n) is 17.4. The number of aliphatic carboxylic acids is 1. The van der Waals surface area contributed by atoms with Crippen LogP contribution in [0.4, 0.5) is 0 Å². The zero-order valence-corrected chi connectivity index (χ0v) is 41.1. The molecule has 0 saturated carbocycles. The molecule has 0 spiro atoms. The van der Waals surface area contributed by atoms with Gasteiger partial charge in [-0.05, 0) is 43.7 Å². The monoisotopic (exact) mass is 1030 g/mol. The van der Waals surface area contributed by atoms with Crippen molar-refractivity contribution in [1.29, 1.82) is 0 Å². The van der Waals surface area contributed by atoms with E-state index in [9.17, 15) is 63.6 Å². The Morgan fingerprint density at radius 3 is 1.89 bits per heavy atom. The summed E-state index contributed by atoms with van der Waals surface area (Å²) in [5.74, 6) is -9.13. The number of aromatic amines is 2. The van der Waals surface area contributed by atoms with Crippen LogP contribution in [0.3, 0.4) is 0 Å². The largest absolute Gasteiger partial charge is 0.480 e. The molecule has 8 amide bonds. The highest BCUT2D eigenvalue weighted by Gasteiger charge is 2.41. The fourth-order valence-electron chi connectivity index (χ4n) is 7.69. The second kappa shape index (κ2) is 27.4. The molecule has 2 aromatic heterocycles. The Bertz CT molecular complexity index is 2330. The van der Waals surface area contributed by atoms with E-state index in [1.54, 1.807) is 44.3 Å². The number of hydrogen-bond donors (Lipinski definition) is 16. The van der Waals surface area contributed by atoms with Crippen LogP contribution in [-0.2, 0) is 56.0 Å². The van der Waals surface area contributed by atoms with Crippen molar-refractivity contribution in [3.8, 4) is 0 Å². The molecule has 0 radical (unpaired) electrons. The average Bonchev–Trinajstić information content (AvgIpc) is 4.14. The molecule has 0 unspecified atom stereocenters. The van der Waals surface area contributed by atoms with Crippen LogP contribution in [0.15, 0.2) is 43.0 Å². The van der Waals surface area contributed by atoms with Gasteiger partial charge in [-0.1, -0.05) is 32.0 Å². The van der Waals surface area contributed by atoms with Gasteiger partial charge in [0.05, 0.1) is 31.7 Å². The maximum atomic E-state index is 14.2. The fourth-order valence-corrected chi connectivity index (χ4v) is 8.11. The molecule has 390 valence electrons. The van der Waals surface area contributed by atoms with Crippen molar-refractivity contribution in [3.63, 3.8) is 0 Å². The molecule has 1 saturated heterocycles. The minimum atomic E-state index is -1.80. The Balaban J connectivity index is 1.53. The van der Waals surface area contributed by atoms with Crippen molar-refractivity contribution < 1.29 is 63.6 Å². The number of para-hydroxylation sites is 1. The number of carboxylic acid groups (broad SMARTS) is 1. The number of aromatic nitrogens is 3. The number of aliphatic hydroxyl groups is 3. The molecule has 3 aromatic rings. The minimum absolute atomic E-state index is 0.0115. The SMILES string of the molecule is CC(C)C[C@H](NC(=O)[C@H](CO)NC(=O)[C@H](CO)NC(=O)[C@H](Cc1c[nH]c2ccccc12)NC(=O)[C@@H](NC(=O)[C@@H]1CCCN1C(=O)[C@H](Cc1cnc[nH]1)NC(=O)[C@@H](N)CS)[C@@H](C)O)C(=O)N[C@@H](CS)C(=O)O. The van der Waals surface area contributed by atoms with E-state index in [-0.39, 0.29) is 49.7 Å². The quantitative estimate of drug-likeness (QED) is 0.0322. The molecule has 25 nitrogen and oxygen atoms in total. The molecule has 1 aliphatic rings. The van der Waals surface area contributed by atoms with Gasteiger partial charge in [0, 0.05) is 59.9 Å². The van der Waals surface area contributed by atoms with E-state index in [1.807, 2.05) is 0 Å². The summed E-state index contributed by atoms with van der Waals surface area (Å²) in [6, 6.07) is -5.89. The molecule has 0 bridgehead atoms. The lowest BCUT2D eigenvalue weighted by molar-refractivity contribution is -0.143. The molecule has 4 rings (SSSR count). The number of H-pyrrole nitrogens is 2. The van der Waals surface area contributed by atoms with E-state index >= 15 is 0 Å². The Hall–Kier alpha value is -6.26. The average molecular weight is 1030 g/mol. The summed E-state index contributed by atoms with van der Waals surface area (Å²) in [6.07, 6.45) is 3.13. The summed E-state index contributed by atoms with van der Waals surface area (Å²) in [5.41, 5.74) is 7.55. The smallest absolute Gasteiger partial charge is 0.327 e. The molecule has 15 N–H and O–H groups in total. The van der Waals surface area contributed by atoms with Gasteiger partial charge in [-0.2, -0.15) is 25.3 Å². The fraction of sp³-hybridized carbons (Fsp3) is 0.545. The molecule has 3 heterocycles. The van der Waals surface area contributed by atoms with Crippen LogP contribution in [0.2, 0.25) is 0 Å².